The molecule has 1 N–H and O–H groups in total. The maximum absolute atomic E-state index is 10.3. The molecule has 0 radical (unpaired) electrons. The number of rotatable bonds is 5. The largest absolute Gasteiger partial charge is 0.697 e. The summed E-state index contributed by atoms with van der Waals surface area (Å²) in [6, 6.07) is 0. The van der Waals surface area contributed by atoms with E-state index >= 15 is 0 Å². The highest BCUT2D eigenvalue weighted by Crippen LogP contribution is 2.21. The fraction of sp³-hybridized carbons (Fsp3) is 0.750. The molecule has 0 rings (SSSR count). The SMILES string of the molecule is CO[P+](=O)OCCC(=O)O. The molecule has 0 saturated heterocycles. The molecule has 0 aromatic carbocycles. The second-order valence-electron chi connectivity index (χ2n) is 1.38. The van der Waals surface area contributed by atoms with E-state index in [1.165, 1.54) is 7.11 Å². The van der Waals surface area contributed by atoms with Gasteiger partial charge in [0.15, 0.2) is 0 Å². The molecule has 0 saturated carbocycles. The van der Waals surface area contributed by atoms with Gasteiger partial charge in [0, 0.05) is 4.57 Å². The number of carboxylic acids is 1. The summed E-state index contributed by atoms with van der Waals surface area (Å²) >= 11 is 0. The summed E-state index contributed by atoms with van der Waals surface area (Å²) in [5.74, 6) is -0.987. The molecule has 6 heteroatoms. The zero-order valence-corrected chi connectivity index (χ0v) is 6.34. The van der Waals surface area contributed by atoms with Crippen molar-refractivity contribution in [3.63, 3.8) is 0 Å². The third kappa shape index (κ3) is 5.62. The van der Waals surface area contributed by atoms with E-state index < -0.39 is 14.2 Å². The van der Waals surface area contributed by atoms with Gasteiger partial charge in [0.1, 0.15) is 6.61 Å². The molecule has 0 bridgehead atoms. The number of hydrogen-bond acceptors (Lipinski definition) is 4. The topological polar surface area (TPSA) is 72.8 Å². The molecular weight excluding hydrogens is 159 g/mol. The first kappa shape index (κ1) is 9.49. The highest BCUT2D eigenvalue weighted by molar-refractivity contribution is 7.33. The number of carboxylic acid groups (broad SMARTS) is 1. The van der Waals surface area contributed by atoms with Crippen molar-refractivity contribution in [2.45, 2.75) is 6.42 Å². The van der Waals surface area contributed by atoms with E-state index in [1.54, 1.807) is 0 Å². The lowest BCUT2D eigenvalue weighted by atomic mass is 10.5. The van der Waals surface area contributed by atoms with E-state index in [2.05, 4.69) is 9.05 Å². The molecule has 0 fully saturated rings. The van der Waals surface area contributed by atoms with Crippen LogP contribution in [-0.2, 0) is 18.4 Å². The summed E-state index contributed by atoms with van der Waals surface area (Å²) < 4.78 is 18.9. The maximum Gasteiger partial charge on any atom is 0.697 e. The van der Waals surface area contributed by atoms with Gasteiger partial charge >= 0.3 is 14.2 Å². The van der Waals surface area contributed by atoms with Crippen molar-refractivity contribution in [1.29, 1.82) is 0 Å². The Balaban J connectivity index is 3.20. The van der Waals surface area contributed by atoms with Crippen molar-refractivity contribution in [3.05, 3.63) is 0 Å². The summed E-state index contributed by atoms with van der Waals surface area (Å²) in [6.07, 6.45) is -0.162. The molecule has 58 valence electrons. The Kier molecular flexibility index (Phi) is 5.02. The third-order valence-corrected chi connectivity index (χ3v) is 1.35. The van der Waals surface area contributed by atoms with Gasteiger partial charge in [-0.2, -0.15) is 0 Å². The van der Waals surface area contributed by atoms with Crippen LogP contribution in [0, 0.1) is 0 Å². The lowest BCUT2D eigenvalue weighted by molar-refractivity contribution is -0.137. The van der Waals surface area contributed by atoms with Crippen molar-refractivity contribution in [3.8, 4) is 0 Å². The average Bonchev–Trinajstić information content (AvgIpc) is 1.87. The molecule has 0 amide bonds. The van der Waals surface area contributed by atoms with Gasteiger partial charge in [0.05, 0.1) is 13.5 Å². The highest BCUT2D eigenvalue weighted by atomic mass is 31.1. The van der Waals surface area contributed by atoms with Gasteiger partial charge in [-0.3, -0.25) is 4.79 Å². The number of hydrogen-bond donors (Lipinski definition) is 1. The summed E-state index contributed by atoms with van der Waals surface area (Å²) in [7, 11) is -0.901. The Morgan fingerprint density at radius 2 is 2.30 bits per heavy atom. The van der Waals surface area contributed by atoms with E-state index in [4.69, 9.17) is 5.11 Å². The van der Waals surface area contributed by atoms with Gasteiger partial charge in [-0.1, -0.05) is 0 Å². The van der Waals surface area contributed by atoms with Crippen LogP contribution in [0.25, 0.3) is 0 Å². The fourth-order valence-electron chi connectivity index (χ4n) is 0.260. The fourth-order valence-corrected chi connectivity index (χ4v) is 0.606. The van der Waals surface area contributed by atoms with E-state index in [0.717, 1.165) is 0 Å². The summed E-state index contributed by atoms with van der Waals surface area (Å²) in [5, 5.41) is 8.08. The Bertz CT molecular complexity index is 134. The first-order chi connectivity index (χ1) is 4.66. The van der Waals surface area contributed by atoms with E-state index in [1.807, 2.05) is 0 Å². The van der Waals surface area contributed by atoms with Crippen LogP contribution in [0.15, 0.2) is 0 Å². The minimum atomic E-state index is -2.12. The van der Waals surface area contributed by atoms with Crippen LogP contribution in [0.1, 0.15) is 6.42 Å². The van der Waals surface area contributed by atoms with Crippen LogP contribution in [0.2, 0.25) is 0 Å². The molecule has 0 aliphatic heterocycles. The third-order valence-electron chi connectivity index (χ3n) is 0.662. The predicted octanol–water partition coefficient (Wildman–Crippen LogP) is 0.781. The van der Waals surface area contributed by atoms with Crippen molar-refractivity contribution in [2.24, 2.45) is 0 Å². The monoisotopic (exact) mass is 167 g/mol. The Morgan fingerprint density at radius 3 is 2.70 bits per heavy atom. The standard InChI is InChI=1S/C4H7O5P/c1-8-10(7)9-3-2-4(5)6/h2-3H2,1H3/p+1. The molecular formula is C4H8O5P+. The van der Waals surface area contributed by atoms with E-state index in [9.17, 15) is 9.36 Å². The Hall–Kier alpha value is -0.510. The van der Waals surface area contributed by atoms with Gasteiger partial charge in [0.2, 0.25) is 0 Å². The molecule has 0 aromatic heterocycles. The van der Waals surface area contributed by atoms with Crippen LogP contribution < -0.4 is 0 Å². The van der Waals surface area contributed by atoms with Gasteiger partial charge in [-0.05, 0) is 0 Å². The van der Waals surface area contributed by atoms with Gasteiger partial charge in [-0.15, -0.1) is 9.05 Å². The zero-order valence-electron chi connectivity index (χ0n) is 5.44. The van der Waals surface area contributed by atoms with Crippen molar-refractivity contribution < 1.29 is 23.5 Å². The minimum Gasteiger partial charge on any atom is -0.481 e. The minimum absolute atomic E-state index is 0.0849. The van der Waals surface area contributed by atoms with Crippen LogP contribution >= 0.6 is 8.25 Å². The maximum atomic E-state index is 10.3. The van der Waals surface area contributed by atoms with E-state index in [-0.39, 0.29) is 13.0 Å². The molecule has 0 aliphatic rings. The Morgan fingerprint density at radius 1 is 1.70 bits per heavy atom. The molecule has 5 nitrogen and oxygen atoms in total. The molecule has 1 unspecified atom stereocenters. The molecule has 0 aliphatic carbocycles. The smallest absolute Gasteiger partial charge is 0.481 e. The highest BCUT2D eigenvalue weighted by Gasteiger charge is 2.16. The first-order valence-corrected chi connectivity index (χ1v) is 3.62. The van der Waals surface area contributed by atoms with Crippen LogP contribution in [0.5, 0.6) is 0 Å². The second-order valence-corrected chi connectivity index (χ2v) is 2.45. The lowest BCUT2D eigenvalue weighted by Crippen LogP contribution is -1.99. The normalized spacial score (nSPS) is 11.1. The van der Waals surface area contributed by atoms with Crippen LogP contribution in [-0.4, -0.2) is 24.8 Å². The average molecular weight is 167 g/mol. The number of carbonyl (C=O) groups is 1. The molecule has 0 aromatic rings. The lowest BCUT2D eigenvalue weighted by Gasteiger charge is -1.84. The molecule has 1 atom stereocenters. The Labute approximate surface area is 58.9 Å². The summed E-state index contributed by atoms with van der Waals surface area (Å²) in [4.78, 5) is 9.85. The van der Waals surface area contributed by atoms with Crippen LogP contribution in [0.3, 0.4) is 0 Å². The van der Waals surface area contributed by atoms with Crippen molar-refractivity contribution in [2.75, 3.05) is 13.7 Å². The quantitative estimate of drug-likeness (QED) is 0.612. The van der Waals surface area contributed by atoms with E-state index in [0.29, 0.717) is 0 Å². The predicted molar refractivity (Wildman–Crippen MR) is 32.8 cm³/mol. The van der Waals surface area contributed by atoms with Crippen molar-refractivity contribution >= 4 is 14.2 Å². The van der Waals surface area contributed by atoms with Gasteiger partial charge < -0.3 is 5.11 Å². The van der Waals surface area contributed by atoms with Crippen molar-refractivity contribution in [1.82, 2.24) is 0 Å². The number of aliphatic carboxylic acids is 1. The van der Waals surface area contributed by atoms with Gasteiger partial charge in [-0.25, -0.2) is 0 Å². The first-order valence-electron chi connectivity index (χ1n) is 2.53. The molecule has 0 spiro atoms. The zero-order chi connectivity index (χ0) is 7.98. The summed E-state index contributed by atoms with van der Waals surface area (Å²) in [6.45, 7) is -0.0849. The molecule has 10 heavy (non-hydrogen) atoms. The summed E-state index contributed by atoms with van der Waals surface area (Å²) in [5.41, 5.74) is 0. The molecule has 0 heterocycles. The van der Waals surface area contributed by atoms with Crippen LogP contribution in [0.4, 0.5) is 0 Å². The van der Waals surface area contributed by atoms with Gasteiger partial charge in [0.25, 0.3) is 0 Å². The second kappa shape index (κ2) is 5.29.